The molecule has 0 fully saturated rings. The van der Waals surface area contributed by atoms with Gasteiger partial charge in [-0.1, -0.05) is 29.8 Å². The van der Waals surface area contributed by atoms with Crippen molar-refractivity contribution in [3.63, 3.8) is 0 Å². The molecule has 182 valence electrons. The molecule has 12 heteroatoms. The maximum Gasteiger partial charge on any atom is 0.299 e. The van der Waals surface area contributed by atoms with Crippen LogP contribution in [-0.4, -0.2) is 21.9 Å². The van der Waals surface area contributed by atoms with Crippen molar-refractivity contribution in [2.75, 3.05) is 7.05 Å². The fourth-order valence-electron chi connectivity index (χ4n) is 4.51. The van der Waals surface area contributed by atoms with Crippen LogP contribution in [0.1, 0.15) is 28.8 Å². The molecule has 3 heterocycles. The van der Waals surface area contributed by atoms with Crippen LogP contribution in [0.2, 0.25) is 5.15 Å². The Bertz CT molecular complexity index is 1400. The Labute approximate surface area is 209 Å². The zero-order valence-corrected chi connectivity index (χ0v) is 19.4. The van der Waals surface area contributed by atoms with Crippen molar-refractivity contribution < 1.29 is 18.1 Å². The minimum absolute atomic E-state index is 0.0382. The lowest BCUT2D eigenvalue weighted by atomic mass is 9.65. The molecule has 4 rings (SSSR count). The Hall–Kier alpha value is -4.48. The minimum atomic E-state index is -2.27. The molecule has 2 aromatic heterocycles. The zero-order valence-electron chi connectivity index (χ0n) is 18.7. The van der Waals surface area contributed by atoms with Crippen LogP contribution >= 0.6 is 11.6 Å². The first-order chi connectivity index (χ1) is 17.2. The molecule has 9 nitrogen and oxygen atoms in total. The van der Waals surface area contributed by atoms with Crippen molar-refractivity contribution in [3.05, 3.63) is 110 Å². The van der Waals surface area contributed by atoms with Crippen LogP contribution in [-0.2, 0) is 6.54 Å². The topological polar surface area (TPSA) is 132 Å². The maximum atomic E-state index is 15.1. The van der Waals surface area contributed by atoms with E-state index in [9.17, 15) is 25.0 Å². The second-order valence-corrected chi connectivity index (χ2v) is 8.42. The molecule has 1 N–H and O–H groups in total. The Kier molecular flexibility index (Phi) is 6.60. The van der Waals surface area contributed by atoms with Crippen molar-refractivity contribution in [2.45, 2.75) is 18.5 Å². The van der Waals surface area contributed by atoms with Crippen LogP contribution in [0, 0.1) is 49.8 Å². The van der Waals surface area contributed by atoms with Crippen LogP contribution < -0.4 is 5.32 Å². The van der Waals surface area contributed by atoms with Crippen molar-refractivity contribution in [1.82, 2.24) is 15.2 Å². The van der Waals surface area contributed by atoms with Crippen molar-refractivity contribution in [3.8, 4) is 12.1 Å². The first-order valence-electron chi connectivity index (χ1n) is 10.5. The third kappa shape index (κ3) is 4.00. The summed E-state index contributed by atoms with van der Waals surface area (Å²) in [6, 6.07) is 11.7. The number of halogens is 3. The van der Waals surface area contributed by atoms with Crippen LogP contribution in [0.3, 0.4) is 0 Å². The lowest BCUT2D eigenvalue weighted by Crippen LogP contribution is -2.51. The molecule has 0 saturated heterocycles. The highest BCUT2D eigenvalue weighted by molar-refractivity contribution is 6.29. The Morgan fingerprint density at radius 1 is 1.25 bits per heavy atom. The number of hydrogen-bond acceptors (Lipinski definition) is 8. The zero-order chi connectivity index (χ0) is 26.0. The quantitative estimate of drug-likeness (QED) is 0.288. The highest BCUT2D eigenvalue weighted by Gasteiger charge is 2.62. The average Bonchev–Trinajstić information content (AvgIpc) is 3.40. The number of nitriles is 2. The second kappa shape index (κ2) is 9.64. The lowest BCUT2D eigenvalue weighted by Gasteiger charge is -2.45. The van der Waals surface area contributed by atoms with Gasteiger partial charge in [-0.2, -0.15) is 10.5 Å². The van der Waals surface area contributed by atoms with Gasteiger partial charge in [0.2, 0.25) is 0 Å². The summed E-state index contributed by atoms with van der Waals surface area (Å²) < 4.78 is 34.8. The lowest BCUT2D eigenvalue weighted by molar-refractivity contribution is -0.437. The number of benzene rings is 1. The van der Waals surface area contributed by atoms with Gasteiger partial charge < -0.3 is 14.6 Å². The third-order valence-electron chi connectivity index (χ3n) is 6.06. The highest BCUT2D eigenvalue weighted by Crippen LogP contribution is 2.56. The number of pyridine rings is 1. The van der Waals surface area contributed by atoms with E-state index in [4.69, 9.17) is 16.0 Å². The number of allylic oxidation sites excluding steroid dienone is 1. The summed E-state index contributed by atoms with van der Waals surface area (Å²) in [5, 5.41) is 36.2. The van der Waals surface area contributed by atoms with E-state index in [1.165, 1.54) is 48.7 Å². The van der Waals surface area contributed by atoms with Gasteiger partial charge in [0.25, 0.3) is 5.70 Å². The second-order valence-electron chi connectivity index (χ2n) is 8.03. The smallest absolute Gasteiger partial charge is 0.299 e. The van der Waals surface area contributed by atoms with Crippen LogP contribution in [0.5, 0.6) is 0 Å². The first kappa shape index (κ1) is 24.6. The monoisotopic (exact) mass is 510 g/mol. The van der Waals surface area contributed by atoms with Gasteiger partial charge >= 0.3 is 0 Å². The van der Waals surface area contributed by atoms with E-state index in [1.807, 2.05) is 12.1 Å². The maximum absolute atomic E-state index is 15.1. The molecule has 2 unspecified atom stereocenters. The largest absolute Gasteiger partial charge is 0.468 e. The summed E-state index contributed by atoms with van der Waals surface area (Å²) in [4.78, 5) is 16.9. The van der Waals surface area contributed by atoms with E-state index in [0.717, 1.165) is 6.07 Å². The predicted octanol–water partition coefficient (Wildman–Crippen LogP) is 4.65. The number of aromatic nitrogens is 1. The fraction of sp³-hybridized carbons (Fsp3) is 0.208. The summed E-state index contributed by atoms with van der Waals surface area (Å²) in [5.41, 5.74) is -2.50. The Morgan fingerprint density at radius 2 is 2.00 bits per heavy atom. The molecule has 0 amide bonds. The first-order valence-corrected chi connectivity index (χ1v) is 10.9. The SMILES string of the molecule is CN1C(NCc2ccc(Cl)nc2)=C([N+](=O)[O-])C(c2ccco2)C(C#N)(C#N)C1c1cccc(F)c1F. The number of rotatable bonds is 6. The van der Waals surface area contributed by atoms with E-state index >= 15 is 4.39 Å². The van der Waals surface area contributed by atoms with E-state index in [1.54, 1.807) is 12.1 Å². The summed E-state index contributed by atoms with van der Waals surface area (Å²) in [5.74, 6) is -4.16. The summed E-state index contributed by atoms with van der Waals surface area (Å²) in [7, 11) is 1.36. The summed E-state index contributed by atoms with van der Waals surface area (Å²) in [6.45, 7) is 0.0382. The normalized spacial score (nSPS) is 18.9. The predicted molar refractivity (Wildman–Crippen MR) is 122 cm³/mol. The minimum Gasteiger partial charge on any atom is -0.468 e. The van der Waals surface area contributed by atoms with Gasteiger partial charge in [-0.3, -0.25) is 10.1 Å². The Morgan fingerprint density at radius 3 is 2.58 bits per heavy atom. The summed E-state index contributed by atoms with van der Waals surface area (Å²) in [6.07, 6.45) is 2.71. The fourth-order valence-corrected chi connectivity index (χ4v) is 4.62. The van der Waals surface area contributed by atoms with Crippen molar-refractivity contribution >= 4 is 11.6 Å². The molecule has 0 saturated carbocycles. The van der Waals surface area contributed by atoms with Crippen LogP contribution in [0.4, 0.5) is 8.78 Å². The number of nitro groups is 1. The molecule has 1 aromatic carbocycles. The molecule has 2 atom stereocenters. The average molecular weight is 511 g/mol. The van der Waals surface area contributed by atoms with Gasteiger partial charge in [-0.25, -0.2) is 13.8 Å². The van der Waals surface area contributed by atoms with E-state index < -0.39 is 39.6 Å². The van der Waals surface area contributed by atoms with Gasteiger partial charge in [0.15, 0.2) is 22.9 Å². The van der Waals surface area contributed by atoms with Gasteiger partial charge in [-0.15, -0.1) is 0 Å². The highest BCUT2D eigenvalue weighted by atomic mass is 35.5. The number of nitrogens with zero attached hydrogens (tertiary/aromatic N) is 5. The number of furan rings is 1. The molecule has 3 aromatic rings. The van der Waals surface area contributed by atoms with Gasteiger partial charge in [0, 0.05) is 25.4 Å². The molecule has 36 heavy (non-hydrogen) atoms. The molecule has 1 aliphatic rings. The van der Waals surface area contributed by atoms with E-state index in [2.05, 4.69) is 10.3 Å². The van der Waals surface area contributed by atoms with E-state index in [-0.39, 0.29) is 28.8 Å². The van der Waals surface area contributed by atoms with Gasteiger partial charge in [0.1, 0.15) is 16.8 Å². The Balaban J connectivity index is 1.98. The number of hydrogen-bond donors (Lipinski definition) is 1. The van der Waals surface area contributed by atoms with E-state index in [0.29, 0.717) is 5.56 Å². The molecule has 0 aliphatic carbocycles. The molecule has 0 bridgehead atoms. The summed E-state index contributed by atoms with van der Waals surface area (Å²) >= 11 is 5.83. The molecule has 0 spiro atoms. The van der Waals surface area contributed by atoms with Crippen molar-refractivity contribution in [2.24, 2.45) is 5.41 Å². The molecule has 0 radical (unpaired) electrons. The van der Waals surface area contributed by atoms with Crippen molar-refractivity contribution in [1.29, 1.82) is 10.5 Å². The third-order valence-corrected chi connectivity index (χ3v) is 6.29. The molecular formula is C24H17ClF2N6O3. The number of nitrogens with one attached hydrogen (secondary N) is 1. The van der Waals surface area contributed by atoms with Gasteiger partial charge in [-0.05, 0) is 29.8 Å². The standard InChI is InChI=1S/C24H17ClF2N6O3/c1-32-22(15-4-2-5-16(26)20(15)27)24(12-28,13-29)19(17-6-3-9-36-17)21(33(34)35)23(32)31-11-14-7-8-18(25)30-10-14/h2-10,19,22,31H,11H2,1H3. The molecular weight excluding hydrogens is 494 g/mol. The van der Waals surface area contributed by atoms with Crippen LogP contribution in [0.15, 0.2) is 70.9 Å². The molecule has 1 aliphatic heterocycles. The van der Waals surface area contributed by atoms with Gasteiger partial charge in [0.05, 0.1) is 29.4 Å². The van der Waals surface area contributed by atoms with Crippen LogP contribution in [0.25, 0.3) is 0 Å².